The molecule has 0 radical (unpaired) electrons. The molecule has 0 unspecified atom stereocenters. The first kappa shape index (κ1) is 22.9. The molecule has 0 bridgehead atoms. The molecule has 33 heavy (non-hydrogen) atoms. The molecule has 7 heteroatoms. The summed E-state index contributed by atoms with van der Waals surface area (Å²) in [4.78, 5) is 15.7. The van der Waals surface area contributed by atoms with Crippen LogP contribution in [0.5, 0.6) is 5.75 Å². The number of fused-ring (bicyclic) bond motifs is 1. The fourth-order valence-electron chi connectivity index (χ4n) is 4.30. The molecule has 1 aliphatic carbocycles. The monoisotopic (exact) mass is 450 g/mol. The molecule has 1 aliphatic rings. The Morgan fingerprint density at radius 2 is 2.12 bits per heavy atom. The van der Waals surface area contributed by atoms with Crippen molar-refractivity contribution in [3.63, 3.8) is 0 Å². The van der Waals surface area contributed by atoms with Gasteiger partial charge in [-0.15, -0.1) is 0 Å². The summed E-state index contributed by atoms with van der Waals surface area (Å²) in [5.41, 5.74) is 5.12. The van der Waals surface area contributed by atoms with Crippen molar-refractivity contribution >= 4 is 11.7 Å². The van der Waals surface area contributed by atoms with Crippen LogP contribution in [-0.4, -0.2) is 42.9 Å². The van der Waals surface area contributed by atoms with Gasteiger partial charge in [0.05, 0.1) is 25.3 Å². The van der Waals surface area contributed by atoms with Gasteiger partial charge in [0.1, 0.15) is 11.5 Å². The van der Waals surface area contributed by atoms with E-state index in [1.807, 2.05) is 49.4 Å². The number of anilines is 1. The summed E-state index contributed by atoms with van der Waals surface area (Å²) in [6, 6.07) is 14.0. The van der Waals surface area contributed by atoms with E-state index in [0.717, 1.165) is 53.4 Å². The minimum absolute atomic E-state index is 0.108. The van der Waals surface area contributed by atoms with Crippen molar-refractivity contribution in [2.45, 2.75) is 38.5 Å². The van der Waals surface area contributed by atoms with E-state index in [4.69, 9.17) is 19.0 Å². The molecule has 1 heterocycles. The number of carboxylic acid groups (broad SMARTS) is 1. The van der Waals surface area contributed by atoms with Crippen molar-refractivity contribution < 1.29 is 23.8 Å². The van der Waals surface area contributed by atoms with Gasteiger partial charge >= 0.3 is 5.97 Å². The summed E-state index contributed by atoms with van der Waals surface area (Å²) in [5.74, 6) is 1.55. The van der Waals surface area contributed by atoms with Crippen LogP contribution in [0.15, 0.2) is 46.9 Å². The molecule has 4 rings (SSSR count). The Labute approximate surface area is 193 Å². The number of rotatable bonds is 11. The summed E-state index contributed by atoms with van der Waals surface area (Å²) in [6.07, 6.45) is 2.61. The van der Waals surface area contributed by atoms with Gasteiger partial charge in [-0.25, -0.2) is 4.98 Å². The second kappa shape index (κ2) is 10.5. The Kier molecular flexibility index (Phi) is 7.29. The van der Waals surface area contributed by atoms with E-state index in [-0.39, 0.29) is 12.3 Å². The van der Waals surface area contributed by atoms with Gasteiger partial charge in [-0.1, -0.05) is 12.1 Å². The first-order chi connectivity index (χ1) is 16.0. The molecule has 0 saturated heterocycles. The lowest BCUT2D eigenvalue weighted by molar-refractivity contribution is -0.137. The van der Waals surface area contributed by atoms with Crippen molar-refractivity contribution in [2.75, 3.05) is 32.2 Å². The molecule has 174 valence electrons. The highest BCUT2D eigenvalue weighted by atomic mass is 16.5. The third-order valence-corrected chi connectivity index (χ3v) is 5.98. The number of benzene rings is 2. The zero-order valence-corrected chi connectivity index (χ0v) is 19.1. The normalized spacial score (nSPS) is 14.8. The third-order valence-electron chi connectivity index (χ3n) is 5.98. The average Bonchev–Trinajstić information content (AvgIpc) is 3.37. The summed E-state index contributed by atoms with van der Waals surface area (Å²) in [5, 5.41) is 12.4. The van der Waals surface area contributed by atoms with Crippen LogP contribution in [0.3, 0.4) is 0 Å². The van der Waals surface area contributed by atoms with Gasteiger partial charge in [0, 0.05) is 31.3 Å². The Balaban J connectivity index is 1.35. The van der Waals surface area contributed by atoms with Crippen LogP contribution in [0.25, 0.3) is 11.5 Å². The molecular weight excluding hydrogens is 420 g/mol. The zero-order valence-electron chi connectivity index (χ0n) is 19.1. The zero-order chi connectivity index (χ0) is 23.2. The Bertz CT molecular complexity index is 1110. The van der Waals surface area contributed by atoms with Gasteiger partial charge in [-0.05, 0) is 67.1 Å². The van der Waals surface area contributed by atoms with Crippen molar-refractivity contribution in [1.82, 2.24) is 4.98 Å². The number of methoxy groups -OCH3 is 1. The van der Waals surface area contributed by atoms with E-state index in [9.17, 15) is 4.79 Å². The Morgan fingerprint density at radius 3 is 2.94 bits per heavy atom. The predicted molar refractivity (Wildman–Crippen MR) is 126 cm³/mol. The molecule has 1 aromatic heterocycles. The predicted octanol–water partition coefficient (Wildman–Crippen LogP) is 4.83. The van der Waals surface area contributed by atoms with E-state index in [1.165, 1.54) is 5.56 Å². The van der Waals surface area contributed by atoms with Gasteiger partial charge in [-0.2, -0.15) is 0 Å². The van der Waals surface area contributed by atoms with Crippen LogP contribution in [0.4, 0.5) is 5.69 Å². The third kappa shape index (κ3) is 5.73. The highest BCUT2D eigenvalue weighted by Crippen LogP contribution is 2.37. The van der Waals surface area contributed by atoms with E-state index in [1.54, 1.807) is 7.11 Å². The maximum absolute atomic E-state index is 11.1. The first-order valence-electron chi connectivity index (χ1n) is 11.3. The quantitative estimate of drug-likeness (QED) is 0.404. The second-order valence-corrected chi connectivity index (χ2v) is 8.31. The number of hydrogen-bond donors (Lipinski definition) is 2. The van der Waals surface area contributed by atoms with Gasteiger partial charge in [0.15, 0.2) is 0 Å². The van der Waals surface area contributed by atoms with Crippen molar-refractivity contribution in [3.05, 3.63) is 65.0 Å². The van der Waals surface area contributed by atoms with Crippen molar-refractivity contribution in [2.24, 2.45) is 0 Å². The van der Waals surface area contributed by atoms with Crippen molar-refractivity contribution in [3.8, 4) is 17.2 Å². The fraction of sp³-hybridized carbons (Fsp3) is 0.385. The molecule has 7 nitrogen and oxygen atoms in total. The highest BCUT2D eigenvalue weighted by Gasteiger charge is 2.25. The summed E-state index contributed by atoms with van der Waals surface area (Å²) < 4.78 is 17.0. The minimum Gasteiger partial charge on any atom is -0.493 e. The lowest BCUT2D eigenvalue weighted by Gasteiger charge is -2.10. The average molecular weight is 451 g/mol. The van der Waals surface area contributed by atoms with Crippen LogP contribution in [0, 0.1) is 6.92 Å². The van der Waals surface area contributed by atoms with E-state index < -0.39 is 5.97 Å². The van der Waals surface area contributed by atoms with Crippen LogP contribution in [0.2, 0.25) is 0 Å². The topological polar surface area (TPSA) is 93.8 Å². The molecular formula is C26H30N2O5. The van der Waals surface area contributed by atoms with Crippen LogP contribution in [0.1, 0.15) is 41.3 Å². The molecule has 2 aromatic carbocycles. The van der Waals surface area contributed by atoms with Crippen LogP contribution in [-0.2, 0) is 22.4 Å². The molecule has 0 saturated carbocycles. The number of carbonyl (C=O) groups is 1. The van der Waals surface area contributed by atoms with Crippen LogP contribution >= 0.6 is 0 Å². The lowest BCUT2D eigenvalue weighted by Crippen LogP contribution is -2.07. The Morgan fingerprint density at radius 1 is 1.24 bits per heavy atom. The summed E-state index contributed by atoms with van der Waals surface area (Å²) in [6.45, 7) is 3.78. The lowest BCUT2D eigenvalue weighted by atomic mass is 9.98. The SMILES string of the molecule is COCCNc1cccc(-c2nc(CCOc3ccc4c(c3)CC[C@H]4CC(=O)O)c(C)o2)c1. The fourth-order valence-corrected chi connectivity index (χ4v) is 4.30. The number of aryl methyl sites for hydroxylation is 2. The number of nitrogens with one attached hydrogen (secondary N) is 1. The largest absolute Gasteiger partial charge is 0.493 e. The Hall–Kier alpha value is -3.32. The second-order valence-electron chi connectivity index (χ2n) is 8.31. The molecule has 3 aromatic rings. The molecule has 2 N–H and O–H groups in total. The van der Waals surface area contributed by atoms with E-state index >= 15 is 0 Å². The van der Waals surface area contributed by atoms with E-state index in [2.05, 4.69) is 10.3 Å². The standard InChI is InChI=1S/C26H30N2O5/c1-17-24(28-26(33-17)20-4-3-5-21(14-20)27-11-13-31-2)10-12-32-22-8-9-23-18(15-22)6-7-19(23)16-25(29)30/h3-5,8-9,14-15,19,27H,6-7,10-13,16H2,1-2H3,(H,29,30)/t19-/m0/s1. The highest BCUT2D eigenvalue weighted by molar-refractivity contribution is 5.68. The smallest absolute Gasteiger partial charge is 0.303 e. The first-order valence-corrected chi connectivity index (χ1v) is 11.3. The van der Waals surface area contributed by atoms with E-state index in [0.29, 0.717) is 25.5 Å². The molecule has 1 atom stereocenters. The molecule has 0 fully saturated rings. The minimum atomic E-state index is -0.746. The van der Waals surface area contributed by atoms with Gasteiger partial charge in [0.2, 0.25) is 5.89 Å². The summed E-state index contributed by atoms with van der Waals surface area (Å²) >= 11 is 0. The number of ether oxygens (including phenoxy) is 2. The summed E-state index contributed by atoms with van der Waals surface area (Å²) in [7, 11) is 1.68. The number of aromatic nitrogens is 1. The number of nitrogens with zero attached hydrogens (tertiary/aromatic N) is 1. The number of carboxylic acids is 1. The number of hydrogen-bond acceptors (Lipinski definition) is 6. The number of aliphatic carboxylic acids is 1. The molecule has 0 amide bonds. The van der Waals surface area contributed by atoms with Gasteiger partial charge in [-0.3, -0.25) is 4.79 Å². The van der Waals surface area contributed by atoms with Gasteiger partial charge in [0.25, 0.3) is 0 Å². The molecule has 0 spiro atoms. The van der Waals surface area contributed by atoms with Crippen molar-refractivity contribution in [1.29, 1.82) is 0 Å². The van der Waals surface area contributed by atoms with Gasteiger partial charge < -0.3 is 24.3 Å². The number of oxazole rings is 1. The molecule has 0 aliphatic heterocycles. The van der Waals surface area contributed by atoms with Crippen LogP contribution < -0.4 is 10.1 Å². The maximum Gasteiger partial charge on any atom is 0.303 e. The maximum atomic E-state index is 11.1.